The van der Waals surface area contributed by atoms with Crippen molar-refractivity contribution in [3.63, 3.8) is 0 Å². The largest absolute Gasteiger partial charge is 0.294 e. The molecule has 0 aliphatic rings. The molecule has 0 aliphatic heterocycles. The fourth-order valence-electron chi connectivity index (χ4n) is 2.02. The molecule has 0 spiro atoms. The molecular formula is C15H13BrO. The molecule has 86 valence electrons. The van der Waals surface area contributed by atoms with E-state index in [9.17, 15) is 4.79 Å². The molecule has 0 fully saturated rings. The Morgan fingerprint density at radius 1 is 1.12 bits per heavy atom. The highest BCUT2D eigenvalue weighted by molar-refractivity contribution is 9.10. The van der Waals surface area contributed by atoms with E-state index in [1.807, 2.05) is 37.3 Å². The number of benzene rings is 2. The summed E-state index contributed by atoms with van der Waals surface area (Å²) in [6.45, 7) is 7.53. The van der Waals surface area contributed by atoms with Crippen LogP contribution in [0.15, 0.2) is 41.4 Å². The first kappa shape index (κ1) is 12.1. The van der Waals surface area contributed by atoms with E-state index >= 15 is 0 Å². The minimum atomic E-state index is 0.0798. The van der Waals surface area contributed by atoms with Crippen LogP contribution in [0, 0.1) is 0 Å². The van der Waals surface area contributed by atoms with Crippen molar-refractivity contribution in [2.75, 3.05) is 0 Å². The lowest BCUT2D eigenvalue weighted by Crippen LogP contribution is -1.96. The Morgan fingerprint density at radius 3 is 2.41 bits per heavy atom. The van der Waals surface area contributed by atoms with Crippen LogP contribution in [0.25, 0.3) is 16.3 Å². The molecule has 0 aliphatic carbocycles. The van der Waals surface area contributed by atoms with Gasteiger partial charge in [0, 0.05) is 15.4 Å². The van der Waals surface area contributed by atoms with Gasteiger partial charge in [-0.3, -0.25) is 4.79 Å². The topological polar surface area (TPSA) is 17.1 Å². The van der Waals surface area contributed by atoms with E-state index in [0.29, 0.717) is 0 Å². The van der Waals surface area contributed by atoms with Crippen molar-refractivity contribution in [3.8, 4) is 0 Å². The van der Waals surface area contributed by atoms with Gasteiger partial charge in [0.25, 0.3) is 0 Å². The Hall–Kier alpha value is -1.41. The number of hydrogen-bond acceptors (Lipinski definition) is 1. The molecule has 17 heavy (non-hydrogen) atoms. The maximum Gasteiger partial charge on any atom is 0.160 e. The highest BCUT2D eigenvalue weighted by Crippen LogP contribution is 2.32. The molecule has 2 rings (SSSR count). The quantitative estimate of drug-likeness (QED) is 0.723. The normalized spacial score (nSPS) is 10.5. The van der Waals surface area contributed by atoms with Crippen LogP contribution in [-0.4, -0.2) is 5.78 Å². The number of fused-ring (bicyclic) bond motifs is 1. The Kier molecular flexibility index (Phi) is 3.16. The minimum Gasteiger partial charge on any atom is -0.294 e. The average Bonchev–Trinajstić information content (AvgIpc) is 2.28. The van der Waals surface area contributed by atoms with Gasteiger partial charge in [-0.05, 0) is 36.9 Å². The fraction of sp³-hybridized carbons (Fsp3) is 0.133. The van der Waals surface area contributed by atoms with Gasteiger partial charge in [-0.25, -0.2) is 0 Å². The Morgan fingerprint density at radius 2 is 1.82 bits per heavy atom. The first-order chi connectivity index (χ1) is 8.02. The molecule has 0 saturated carbocycles. The lowest BCUT2D eigenvalue weighted by atomic mass is 9.94. The molecule has 0 saturated heterocycles. The number of carbonyl (C=O) groups excluding carboxylic acids is 1. The van der Waals surface area contributed by atoms with Crippen LogP contribution in [-0.2, 0) is 0 Å². The summed E-state index contributed by atoms with van der Waals surface area (Å²) in [7, 11) is 0. The Bertz CT molecular complexity index is 606. The van der Waals surface area contributed by atoms with Gasteiger partial charge < -0.3 is 0 Å². The number of Topliss-reactive ketones (excluding diaryl/α,β-unsaturated/α-hetero) is 1. The maximum absolute atomic E-state index is 11.7. The van der Waals surface area contributed by atoms with E-state index in [1.54, 1.807) is 6.92 Å². The number of allylic oxidation sites excluding steroid dienone is 1. The van der Waals surface area contributed by atoms with Gasteiger partial charge in [-0.2, -0.15) is 0 Å². The molecule has 2 aromatic carbocycles. The summed E-state index contributed by atoms with van der Waals surface area (Å²) in [6, 6.07) is 9.78. The third-order valence-corrected chi connectivity index (χ3v) is 3.52. The van der Waals surface area contributed by atoms with Crippen molar-refractivity contribution < 1.29 is 4.79 Å². The molecule has 0 heterocycles. The van der Waals surface area contributed by atoms with Crippen LogP contribution in [0.5, 0.6) is 0 Å². The van der Waals surface area contributed by atoms with Crippen LogP contribution in [0.3, 0.4) is 0 Å². The number of ketones is 1. The smallest absolute Gasteiger partial charge is 0.160 e. The van der Waals surface area contributed by atoms with Crippen molar-refractivity contribution in [3.05, 3.63) is 52.5 Å². The maximum atomic E-state index is 11.7. The Balaban J connectivity index is 2.99. The molecule has 1 nitrogen and oxygen atoms in total. The van der Waals surface area contributed by atoms with Crippen LogP contribution >= 0.6 is 15.9 Å². The van der Waals surface area contributed by atoms with Gasteiger partial charge in [-0.15, -0.1) is 0 Å². The van der Waals surface area contributed by atoms with Crippen LogP contribution in [0.1, 0.15) is 29.8 Å². The molecular weight excluding hydrogens is 276 g/mol. The van der Waals surface area contributed by atoms with Gasteiger partial charge in [0.05, 0.1) is 0 Å². The van der Waals surface area contributed by atoms with E-state index in [-0.39, 0.29) is 5.78 Å². The number of halogens is 1. The van der Waals surface area contributed by atoms with E-state index in [2.05, 4.69) is 22.5 Å². The van der Waals surface area contributed by atoms with Crippen molar-refractivity contribution in [2.45, 2.75) is 13.8 Å². The fourth-order valence-corrected chi connectivity index (χ4v) is 2.48. The van der Waals surface area contributed by atoms with Crippen LogP contribution in [0.4, 0.5) is 0 Å². The van der Waals surface area contributed by atoms with Gasteiger partial charge >= 0.3 is 0 Å². The third kappa shape index (κ3) is 2.05. The lowest BCUT2D eigenvalue weighted by molar-refractivity contribution is 0.101. The summed E-state index contributed by atoms with van der Waals surface area (Å²) in [6.07, 6.45) is 0. The summed E-state index contributed by atoms with van der Waals surface area (Å²) in [5, 5.41) is 2.04. The number of hydrogen-bond donors (Lipinski definition) is 0. The predicted octanol–water partition coefficient (Wildman–Crippen LogP) is 4.84. The van der Waals surface area contributed by atoms with Gasteiger partial charge in [0.15, 0.2) is 5.78 Å². The van der Waals surface area contributed by atoms with E-state index < -0.39 is 0 Å². The van der Waals surface area contributed by atoms with Crippen molar-refractivity contribution in [1.29, 1.82) is 0 Å². The second kappa shape index (κ2) is 4.46. The van der Waals surface area contributed by atoms with E-state index in [4.69, 9.17) is 0 Å². The van der Waals surface area contributed by atoms with Gasteiger partial charge in [-0.1, -0.05) is 46.3 Å². The lowest BCUT2D eigenvalue weighted by Gasteiger charge is -2.11. The van der Waals surface area contributed by atoms with E-state index in [0.717, 1.165) is 31.9 Å². The first-order valence-corrected chi connectivity index (χ1v) is 6.19. The third-order valence-electron chi connectivity index (χ3n) is 2.83. The highest BCUT2D eigenvalue weighted by atomic mass is 79.9. The summed E-state index contributed by atoms with van der Waals surface area (Å²) < 4.78 is 1.00. The SMILES string of the molecule is C=C(C)c1cccc2c(Br)ccc(C(C)=O)c12. The van der Waals surface area contributed by atoms with Crippen LogP contribution in [0.2, 0.25) is 0 Å². The molecule has 0 radical (unpaired) electrons. The molecule has 0 N–H and O–H groups in total. The first-order valence-electron chi connectivity index (χ1n) is 5.40. The molecule has 2 aromatic rings. The second-order valence-corrected chi connectivity index (χ2v) is 5.01. The molecule has 0 aromatic heterocycles. The highest BCUT2D eigenvalue weighted by Gasteiger charge is 2.12. The van der Waals surface area contributed by atoms with Gasteiger partial charge in [0.2, 0.25) is 0 Å². The Labute approximate surface area is 109 Å². The van der Waals surface area contributed by atoms with Crippen LogP contribution < -0.4 is 0 Å². The van der Waals surface area contributed by atoms with Gasteiger partial charge in [0.1, 0.15) is 0 Å². The zero-order chi connectivity index (χ0) is 12.6. The number of carbonyl (C=O) groups is 1. The minimum absolute atomic E-state index is 0.0798. The van der Waals surface area contributed by atoms with E-state index in [1.165, 1.54) is 0 Å². The second-order valence-electron chi connectivity index (χ2n) is 4.16. The summed E-state index contributed by atoms with van der Waals surface area (Å²) in [5.74, 6) is 0.0798. The zero-order valence-electron chi connectivity index (χ0n) is 9.88. The molecule has 2 heteroatoms. The van der Waals surface area contributed by atoms with Crippen molar-refractivity contribution >= 4 is 38.1 Å². The molecule has 0 unspecified atom stereocenters. The average molecular weight is 289 g/mol. The van der Waals surface area contributed by atoms with Crippen molar-refractivity contribution in [2.24, 2.45) is 0 Å². The summed E-state index contributed by atoms with van der Waals surface area (Å²) >= 11 is 3.52. The summed E-state index contributed by atoms with van der Waals surface area (Å²) in [4.78, 5) is 11.7. The van der Waals surface area contributed by atoms with Crippen molar-refractivity contribution in [1.82, 2.24) is 0 Å². The summed E-state index contributed by atoms with van der Waals surface area (Å²) in [5.41, 5.74) is 2.76. The predicted molar refractivity (Wildman–Crippen MR) is 76.4 cm³/mol. The monoisotopic (exact) mass is 288 g/mol. The number of rotatable bonds is 2. The molecule has 0 bridgehead atoms. The molecule has 0 amide bonds. The molecule has 0 atom stereocenters. The zero-order valence-corrected chi connectivity index (χ0v) is 11.5. The standard InChI is InChI=1S/C15H13BrO/c1-9(2)11-5-4-6-13-14(16)8-7-12(10(3)17)15(11)13/h4-8H,1H2,2-3H3.